The summed E-state index contributed by atoms with van der Waals surface area (Å²) in [6, 6.07) is 0.964. The van der Waals surface area contributed by atoms with Crippen LogP contribution in [0.5, 0.6) is 0 Å². The maximum absolute atomic E-state index is 13.8. The molecule has 2 N–H and O–H groups in total. The first kappa shape index (κ1) is 15.8. The molecule has 1 aliphatic heterocycles. The summed E-state index contributed by atoms with van der Waals surface area (Å²) < 4.78 is 40.8. The number of nitrogens with zero attached hydrogens (tertiary/aromatic N) is 2. The van der Waals surface area contributed by atoms with Crippen LogP contribution in [-0.4, -0.2) is 22.2 Å². The molecule has 0 radical (unpaired) electrons. The molecule has 4 aliphatic rings. The first-order valence-electron chi connectivity index (χ1n) is 8.46. The Morgan fingerprint density at radius 3 is 2.76 bits per heavy atom. The van der Waals surface area contributed by atoms with Crippen molar-refractivity contribution in [3.05, 3.63) is 23.5 Å². The molecule has 3 saturated carbocycles. The van der Waals surface area contributed by atoms with Crippen molar-refractivity contribution >= 4 is 26.7 Å². The van der Waals surface area contributed by atoms with Crippen LogP contribution in [0.25, 0.3) is 10.2 Å². The number of hydrogen-bond donors (Lipinski definition) is 2. The lowest BCUT2D eigenvalue weighted by Crippen LogP contribution is -2.50. The maximum Gasteiger partial charge on any atom is 0.199 e. The van der Waals surface area contributed by atoms with Gasteiger partial charge in [-0.3, -0.25) is 10.3 Å². The molecule has 2 heterocycles. The second-order valence-corrected chi connectivity index (χ2v) is 8.26. The number of aromatic nitrogens is 1. The van der Waals surface area contributed by atoms with Crippen LogP contribution in [0.3, 0.4) is 0 Å². The van der Waals surface area contributed by atoms with Crippen molar-refractivity contribution < 1.29 is 18.0 Å². The molecule has 1 saturated heterocycles. The van der Waals surface area contributed by atoms with E-state index in [0.717, 1.165) is 23.8 Å². The van der Waals surface area contributed by atoms with Gasteiger partial charge in [-0.2, -0.15) is 0 Å². The Hall–Kier alpha value is -1.42. The predicted octanol–water partition coefficient (Wildman–Crippen LogP) is 3.74. The van der Waals surface area contributed by atoms with Crippen LogP contribution in [0, 0.1) is 29.3 Å². The average molecular weight is 370 g/mol. The summed E-state index contributed by atoms with van der Waals surface area (Å²) in [6.45, 7) is 0.648. The average Bonchev–Trinajstić information content (AvgIpc) is 3.18. The molecule has 0 amide bonds. The third-order valence-corrected chi connectivity index (χ3v) is 6.67. The second-order valence-electron chi connectivity index (χ2n) is 7.23. The number of fused-ring (bicyclic) bond motifs is 3. The highest BCUT2D eigenvalue weighted by molar-refractivity contribution is 7.22. The van der Waals surface area contributed by atoms with Crippen LogP contribution in [-0.2, 0) is 4.84 Å². The van der Waals surface area contributed by atoms with E-state index in [0.29, 0.717) is 23.5 Å². The molecule has 5 nitrogen and oxygen atoms in total. The summed E-state index contributed by atoms with van der Waals surface area (Å²) >= 11 is 1.07. The molecule has 6 rings (SSSR count). The minimum absolute atomic E-state index is 0.169. The van der Waals surface area contributed by atoms with Crippen LogP contribution in [0.2, 0.25) is 0 Å². The van der Waals surface area contributed by atoms with Gasteiger partial charge in [0.1, 0.15) is 11.1 Å². The van der Waals surface area contributed by atoms with E-state index in [2.05, 4.69) is 16.0 Å². The van der Waals surface area contributed by atoms with Crippen molar-refractivity contribution in [2.24, 2.45) is 11.8 Å². The fourth-order valence-electron chi connectivity index (χ4n) is 4.54. The third kappa shape index (κ3) is 2.44. The van der Waals surface area contributed by atoms with E-state index in [1.54, 1.807) is 5.12 Å². The lowest BCUT2D eigenvalue weighted by atomic mass is 9.62. The van der Waals surface area contributed by atoms with E-state index in [1.807, 2.05) is 0 Å². The number of rotatable bonds is 2. The van der Waals surface area contributed by atoms with Crippen LogP contribution in [0.15, 0.2) is 6.07 Å². The number of anilines is 1. The standard InChI is InChI=1S/C16H17F3N4OS/c17-10-5-11-14(13(19)12(10)18)20-15(25-11)21-23-7-16(24-22-23)6-8-1-3-9(16)4-2-8/h5,8-9,22H,1-4,6-7H2,(H,20,21)/t8?,9?,16-/m0/s1. The molecule has 2 aromatic rings. The second kappa shape index (κ2) is 5.54. The monoisotopic (exact) mass is 370 g/mol. The van der Waals surface area contributed by atoms with E-state index < -0.39 is 17.5 Å². The van der Waals surface area contributed by atoms with E-state index in [9.17, 15) is 13.2 Å². The highest BCUT2D eigenvalue weighted by atomic mass is 32.1. The molecular formula is C16H17F3N4OS. The van der Waals surface area contributed by atoms with Gasteiger partial charge in [0.15, 0.2) is 22.6 Å². The molecule has 134 valence electrons. The summed E-state index contributed by atoms with van der Waals surface area (Å²) in [5.74, 6) is -2.71. The third-order valence-electron chi connectivity index (χ3n) is 5.76. The zero-order chi connectivity index (χ0) is 17.2. The molecular weight excluding hydrogens is 353 g/mol. The number of hydrazine groups is 2. The van der Waals surface area contributed by atoms with Crippen molar-refractivity contribution in [1.82, 2.24) is 15.7 Å². The van der Waals surface area contributed by atoms with Gasteiger partial charge in [0.25, 0.3) is 0 Å². The van der Waals surface area contributed by atoms with E-state index in [-0.39, 0.29) is 15.8 Å². The van der Waals surface area contributed by atoms with Crippen LogP contribution in [0.4, 0.5) is 18.3 Å². The molecule has 1 aromatic carbocycles. The topological polar surface area (TPSA) is 49.4 Å². The summed E-state index contributed by atoms with van der Waals surface area (Å²) in [6.07, 6.45) is 5.96. The number of thiazole rings is 1. The molecule has 9 heteroatoms. The zero-order valence-corrected chi connectivity index (χ0v) is 14.1. The van der Waals surface area contributed by atoms with Crippen LogP contribution >= 0.6 is 11.3 Å². The summed E-state index contributed by atoms with van der Waals surface area (Å²) in [5.41, 5.74) is 5.53. The minimum atomic E-state index is -1.50. The van der Waals surface area contributed by atoms with Gasteiger partial charge in [0.2, 0.25) is 0 Å². The molecule has 1 atom stereocenters. The summed E-state index contributed by atoms with van der Waals surface area (Å²) in [7, 11) is 0. The number of hydrogen-bond acceptors (Lipinski definition) is 6. The van der Waals surface area contributed by atoms with Crippen molar-refractivity contribution in [2.45, 2.75) is 37.7 Å². The highest BCUT2D eigenvalue weighted by Crippen LogP contribution is 2.50. The van der Waals surface area contributed by atoms with Gasteiger partial charge in [-0.25, -0.2) is 18.2 Å². The first-order valence-corrected chi connectivity index (χ1v) is 9.27. The molecule has 1 aromatic heterocycles. The zero-order valence-electron chi connectivity index (χ0n) is 13.3. The summed E-state index contributed by atoms with van der Waals surface area (Å²) in [5, 5.41) is 2.04. The molecule has 1 spiro atoms. The predicted molar refractivity (Wildman–Crippen MR) is 86.8 cm³/mol. The van der Waals surface area contributed by atoms with Crippen molar-refractivity contribution in [2.75, 3.05) is 12.0 Å². The SMILES string of the molecule is Fc1cc2sc(NN3C[C@]4(CC5CCC4CC5)ON3)nc2c(F)c1F. The number of halogens is 3. The summed E-state index contributed by atoms with van der Waals surface area (Å²) in [4.78, 5) is 9.98. The van der Waals surface area contributed by atoms with Gasteiger partial charge >= 0.3 is 0 Å². The molecule has 25 heavy (non-hydrogen) atoms. The quantitative estimate of drug-likeness (QED) is 0.789. The van der Waals surface area contributed by atoms with Gasteiger partial charge < -0.3 is 0 Å². The largest absolute Gasteiger partial charge is 0.279 e. The van der Waals surface area contributed by atoms with Gasteiger partial charge in [0.05, 0.1) is 11.2 Å². The van der Waals surface area contributed by atoms with E-state index in [4.69, 9.17) is 4.84 Å². The first-order chi connectivity index (χ1) is 12.0. The van der Waals surface area contributed by atoms with Gasteiger partial charge in [-0.1, -0.05) is 11.3 Å². The van der Waals surface area contributed by atoms with Crippen molar-refractivity contribution in [3.8, 4) is 0 Å². The van der Waals surface area contributed by atoms with E-state index >= 15 is 0 Å². The Balaban J connectivity index is 1.36. The smallest absolute Gasteiger partial charge is 0.199 e. The van der Waals surface area contributed by atoms with E-state index in [1.165, 1.54) is 25.7 Å². The fraction of sp³-hybridized carbons (Fsp3) is 0.562. The lowest BCUT2D eigenvalue weighted by molar-refractivity contribution is -0.146. The normalized spacial score (nSPS) is 32.1. The Morgan fingerprint density at radius 2 is 2.04 bits per heavy atom. The van der Waals surface area contributed by atoms with Crippen LogP contribution < -0.4 is 11.0 Å². The van der Waals surface area contributed by atoms with Crippen molar-refractivity contribution in [1.29, 1.82) is 0 Å². The van der Waals surface area contributed by atoms with Gasteiger partial charge in [0, 0.05) is 0 Å². The lowest BCUT2D eigenvalue weighted by Gasteiger charge is -2.47. The molecule has 4 fully saturated rings. The molecule has 2 bridgehead atoms. The fourth-order valence-corrected chi connectivity index (χ4v) is 5.44. The highest BCUT2D eigenvalue weighted by Gasteiger charge is 2.53. The van der Waals surface area contributed by atoms with Crippen molar-refractivity contribution in [3.63, 3.8) is 0 Å². The van der Waals surface area contributed by atoms with Gasteiger partial charge in [-0.05, 0) is 50.0 Å². The number of nitrogens with one attached hydrogen (secondary N) is 2. The molecule has 0 unspecified atom stereocenters. The van der Waals surface area contributed by atoms with Crippen LogP contribution in [0.1, 0.15) is 32.1 Å². The Bertz CT molecular complexity index is 838. The Kier molecular flexibility index (Phi) is 3.50. The maximum atomic E-state index is 13.8. The van der Waals surface area contributed by atoms with Gasteiger partial charge in [-0.15, -0.1) is 10.7 Å². The Morgan fingerprint density at radius 1 is 1.24 bits per heavy atom. The molecule has 3 aliphatic carbocycles. The Labute approximate surface area is 146 Å². The number of benzene rings is 1. The minimum Gasteiger partial charge on any atom is -0.279 e.